The number of nitrogens with zero attached hydrogens (tertiary/aromatic N) is 3. The summed E-state index contributed by atoms with van der Waals surface area (Å²) < 4.78 is 18.4. The van der Waals surface area contributed by atoms with Crippen molar-refractivity contribution in [3.05, 3.63) is 47.1 Å². The van der Waals surface area contributed by atoms with Crippen molar-refractivity contribution < 1.29 is 13.9 Å². The first kappa shape index (κ1) is 15.6. The van der Waals surface area contributed by atoms with Crippen LogP contribution in [-0.4, -0.2) is 47.0 Å². The number of carbonyl (C=O) groups is 1. The minimum Gasteiger partial charge on any atom is -0.436 e. The van der Waals surface area contributed by atoms with Gasteiger partial charge < -0.3 is 15.0 Å². The second-order valence-electron chi connectivity index (χ2n) is 4.96. The van der Waals surface area contributed by atoms with Gasteiger partial charge in [-0.05, 0) is 18.2 Å². The summed E-state index contributed by atoms with van der Waals surface area (Å²) in [5.74, 6) is -0.172. The van der Waals surface area contributed by atoms with Crippen LogP contribution in [-0.2, 0) is 0 Å². The number of aromatic nitrogens is 2. The van der Waals surface area contributed by atoms with Crippen molar-refractivity contribution in [2.75, 3.05) is 26.2 Å². The molecular formula is C15H14ClFN4O2. The zero-order chi connectivity index (χ0) is 16.2. The van der Waals surface area contributed by atoms with E-state index in [4.69, 9.17) is 16.3 Å². The lowest BCUT2D eigenvalue weighted by Crippen LogP contribution is -2.46. The molecule has 0 radical (unpaired) electrons. The second kappa shape index (κ2) is 6.89. The summed E-state index contributed by atoms with van der Waals surface area (Å²) in [6.07, 6.45) is 2.70. The monoisotopic (exact) mass is 336 g/mol. The summed E-state index contributed by atoms with van der Waals surface area (Å²) in [6.45, 7) is 2.82. The molecule has 0 saturated carbocycles. The van der Waals surface area contributed by atoms with E-state index in [-0.39, 0.29) is 28.3 Å². The predicted molar refractivity (Wildman–Crippen MR) is 82.3 cm³/mol. The van der Waals surface area contributed by atoms with Crippen molar-refractivity contribution in [3.8, 4) is 11.6 Å². The van der Waals surface area contributed by atoms with E-state index in [1.165, 1.54) is 24.5 Å². The highest BCUT2D eigenvalue weighted by molar-refractivity contribution is 6.32. The number of rotatable bonds is 3. The van der Waals surface area contributed by atoms with Crippen LogP contribution in [0.2, 0.25) is 5.02 Å². The van der Waals surface area contributed by atoms with Gasteiger partial charge in [0.25, 0.3) is 5.91 Å². The van der Waals surface area contributed by atoms with Crippen LogP contribution in [0.4, 0.5) is 4.39 Å². The number of halogens is 2. The van der Waals surface area contributed by atoms with Crippen molar-refractivity contribution in [3.63, 3.8) is 0 Å². The zero-order valence-corrected chi connectivity index (χ0v) is 12.9. The molecule has 23 heavy (non-hydrogen) atoms. The third-order valence-corrected chi connectivity index (χ3v) is 3.66. The van der Waals surface area contributed by atoms with Gasteiger partial charge in [-0.15, -0.1) is 0 Å². The average molecular weight is 337 g/mol. The van der Waals surface area contributed by atoms with Gasteiger partial charge in [-0.25, -0.2) is 14.4 Å². The van der Waals surface area contributed by atoms with Crippen molar-refractivity contribution >= 4 is 17.5 Å². The fraction of sp³-hybridized carbons (Fsp3) is 0.267. The minimum atomic E-state index is -0.453. The van der Waals surface area contributed by atoms with Gasteiger partial charge in [0.1, 0.15) is 17.3 Å². The van der Waals surface area contributed by atoms with E-state index in [1.807, 2.05) is 0 Å². The molecule has 2 heterocycles. The van der Waals surface area contributed by atoms with Crippen LogP contribution in [0.25, 0.3) is 0 Å². The van der Waals surface area contributed by atoms with Crippen LogP contribution in [0.5, 0.6) is 11.6 Å². The van der Waals surface area contributed by atoms with Crippen LogP contribution in [0.3, 0.4) is 0 Å². The summed E-state index contributed by atoms with van der Waals surface area (Å²) in [7, 11) is 0. The van der Waals surface area contributed by atoms with E-state index >= 15 is 0 Å². The van der Waals surface area contributed by atoms with Crippen LogP contribution in [0.1, 0.15) is 10.5 Å². The number of benzene rings is 1. The van der Waals surface area contributed by atoms with Gasteiger partial charge in [0, 0.05) is 26.2 Å². The smallest absolute Gasteiger partial charge is 0.274 e. The summed E-state index contributed by atoms with van der Waals surface area (Å²) in [5, 5.41) is 3.31. The molecule has 1 N–H and O–H groups in total. The first-order valence-corrected chi connectivity index (χ1v) is 7.46. The van der Waals surface area contributed by atoms with Crippen molar-refractivity contribution in [2.45, 2.75) is 0 Å². The molecule has 1 aliphatic rings. The highest BCUT2D eigenvalue weighted by Crippen LogP contribution is 2.28. The lowest BCUT2D eigenvalue weighted by molar-refractivity contribution is 0.0729. The summed E-state index contributed by atoms with van der Waals surface area (Å²) >= 11 is 5.88. The maximum absolute atomic E-state index is 13.0. The van der Waals surface area contributed by atoms with Gasteiger partial charge in [0.05, 0.1) is 17.4 Å². The van der Waals surface area contributed by atoms with Gasteiger partial charge in [0.2, 0.25) is 5.88 Å². The number of carbonyl (C=O) groups excluding carboxylic acids is 1. The second-order valence-corrected chi connectivity index (χ2v) is 5.37. The van der Waals surface area contributed by atoms with Gasteiger partial charge in [-0.3, -0.25) is 4.79 Å². The Morgan fingerprint density at radius 3 is 2.70 bits per heavy atom. The van der Waals surface area contributed by atoms with Crippen molar-refractivity contribution in [1.29, 1.82) is 0 Å². The van der Waals surface area contributed by atoms with E-state index in [1.54, 1.807) is 4.90 Å². The SMILES string of the molecule is O=C(c1cnc(Oc2ccc(F)cc2Cl)cn1)N1CCNCC1. The molecule has 120 valence electrons. The molecular weight excluding hydrogens is 323 g/mol. The number of piperazine rings is 1. The van der Waals surface area contributed by atoms with Crippen molar-refractivity contribution in [2.24, 2.45) is 0 Å². The molecule has 0 bridgehead atoms. The molecule has 1 aromatic carbocycles. The Labute approximate surface area is 137 Å². The zero-order valence-electron chi connectivity index (χ0n) is 12.1. The minimum absolute atomic E-state index is 0.132. The molecule has 1 saturated heterocycles. The van der Waals surface area contributed by atoms with E-state index in [0.717, 1.165) is 19.2 Å². The van der Waals surface area contributed by atoms with E-state index in [2.05, 4.69) is 15.3 Å². The number of amides is 1. The first-order valence-electron chi connectivity index (χ1n) is 7.08. The number of hydrogen-bond donors (Lipinski definition) is 1. The van der Waals surface area contributed by atoms with E-state index < -0.39 is 5.82 Å². The third-order valence-electron chi connectivity index (χ3n) is 3.36. The standard InChI is InChI=1S/C15H14ClFN4O2/c16-11-7-10(17)1-2-13(11)23-14-9-19-12(8-20-14)15(22)21-5-3-18-4-6-21/h1-2,7-9,18H,3-6H2. The van der Waals surface area contributed by atoms with Crippen LogP contribution in [0, 0.1) is 5.82 Å². The Balaban J connectivity index is 1.70. The van der Waals surface area contributed by atoms with E-state index in [0.29, 0.717) is 13.1 Å². The van der Waals surface area contributed by atoms with Gasteiger partial charge in [0.15, 0.2) is 0 Å². The molecule has 0 unspecified atom stereocenters. The van der Waals surface area contributed by atoms with E-state index in [9.17, 15) is 9.18 Å². The van der Waals surface area contributed by atoms with Crippen LogP contribution < -0.4 is 10.1 Å². The topological polar surface area (TPSA) is 67.3 Å². The van der Waals surface area contributed by atoms with Crippen LogP contribution >= 0.6 is 11.6 Å². The Morgan fingerprint density at radius 2 is 2.04 bits per heavy atom. The largest absolute Gasteiger partial charge is 0.436 e. The van der Waals surface area contributed by atoms with Crippen molar-refractivity contribution in [1.82, 2.24) is 20.2 Å². The number of nitrogens with one attached hydrogen (secondary N) is 1. The molecule has 1 amide bonds. The van der Waals surface area contributed by atoms with Gasteiger partial charge >= 0.3 is 0 Å². The van der Waals surface area contributed by atoms with Crippen LogP contribution in [0.15, 0.2) is 30.6 Å². The fourth-order valence-electron chi connectivity index (χ4n) is 2.18. The van der Waals surface area contributed by atoms with Gasteiger partial charge in [-0.2, -0.15) is 0 Å². The Hall–Kier alpha value is -2.25. The molecule has 6 nitrogen and oxygen atoms in total. The highest BCUT2D eigenvalue weighted by Gasteiger charge is 2.19. The normalized spacial score (nSPS) is 14.6. The summed E-state index contributed by atoms with van der Waals surface area (Å²) in [6, 6.07) is 3.78. The lowest BCUT2D eigenvalue weighted by Gasteiger charge is -2.26. The Bertz CT molecular complexity index is 705. The Kier molecular flexibility index (Phi) is 4.68. The fourth-order valence-corrected chi connectivity index (χ4v) is 2.39. The molecule has 0 atom stereocenters. The maximum atomic E-state index is 13.0. The first-order chi connectivity index (χ1) is 11.1. The molecule has 2 aromatic rings. The summed E-state index contributed by atoms with van der Waals surface area (Å²) in [5.41, 5.74) is 0.254. The maximum Gasteiger partial charge on any atom is 0.274 e. The Morgan fingerprint density at radius 1 is 1.26 bits per heavy atom. The molecule has 1 aliphatic heterocycles. The highest BCUT2D eigenvalue weighted by atomic mass is 35.5. The third kappa shape index (κ3) is 3.75. The molecule has 1 fully saturated rings. The average Bonchev–Trinajstić information content (AvgIpc) is 2.58. The molecule has 0 aliphatic carbocycles. The number of ether oxygens (including phenoxy) is 1. The lowest BCUT2D eigenvalue weighted by atomic mass is 10.3. The molecule has 0 spiro atoms. The molecule has 1 aromatic heterocycles. The van der Waals surface area contributed by atoms with Gasteiger partial charge in [-0.1, -0.05) is 11.6 Å². The quantitative estimate of drug-likeness (QED) is 0.929. The summed E-state index contributed by atoms with van der Waals surface area (Å²) in [4.78, 5) is 22.1. The molecule has 3 rings (SSSR count). The molecule has 8 heteroatoms. The number of hydrogen-bond acceptors (Lipinski definition) is 5. The predicted octanol–water partition coefficient (Wildman–Crippen LogP) is 2.11.